The largest absolute Gasteiger partial charge is 0.351 e. The second kappa shape index (κ2) is 11.0. The molecule has 0 aromatic heterocycles. The molecule has 0 bridgehead atoms. The van der Waals surface area contributed by atoms with Crippen molar-refractivity contribution in [1.82, 2.24) is 5.32 Å². The molecule has 0 aliphatic heterocycles. The van der Waals surface area contributed by atoms with Crippen molar-refractivity contribution in [3.8, 4) is 6.07 Å². The number of aryl methyl sites for hydroxylation is 2. The van der Waals surface area contributed by atoms with Crippen LogP contribution < -0.4 is 10.0 Å². The SMILES string of the molecule is Cc1ccc(C)c(S(=O)(=O)Nc2ccc(C(=O)NCCSCc3ccccc3C#N)cc2)c1. The lowest BCUT2D eigenvalue weighted by molar-refractivity contribution is 0.0956. The van der Waals surface area contributed by atoms with Crippen LogP contribution in [0.3, 0.4) is 0 Å². The number of hydrogen-bond donors (Lipinski definition) is 2. The highest BCUT2D eigenvalue weighted by Crippen LogP contribution is 2.21. The number of rotatable bonds is 9. The number of carbonyl (C=O) groups excluding carboxylic acids is 1. The lowest BCUT2D eigenvalue weighted by Gasteiger charge is -2.12. The van der Waals surface area contributed by atoms with E-state index in [-0.39, 0.29) is 10.8 Å². The van der Waals surface area contributed by atoms with Crippen LogP contribution in [0.15, 0.2) is 71.6 Å². The van der Waals surface area contributed by atoms with Gasteiger partial charge in [0.1, 0.15) is 0 Å². The number of carbonyl (C=O) groups is 1. The minimum Gasteiger partial charge on any atom is -0.351 e. The van der Waals surface area contributed by atoms with Crippen molar-refractivity contribution in [2.45, 2.75) is 24.5 Å². The predicted octanol–water partition coefficient (Wildman–Crippen LogP) is 4.64. The molecule has 0 atom stereocenters. The molecule has 170 valence electrons. The van der Waals surface area contributed by atoms with Gasteiger partial charge in [0.05, 0.1) is 16.5 Å². The van der Waals surface area contributed by atoms with Gasteiger partial charge in [-0.15, -0.1) is 0 Å². The summed E-state index contributed by atoms with van der Waals surface area (Å²) in [6, 6.07) is 21.3. The van der Waals surface area contributed by atoms with E-state index in [1.54, 1.807) is 61.2 Å². The van der Waals surface area contributed by atoms with Gasteiger partial charge in [-0.25, -0.2) is 8.42 Å². The van der Waals surface area contributed by atoms with Crippen molar-refractivity contribution in [3.05, 3.63) is 94.5 Å². The van der Waals surface area contributed by atoms with Gasteiger partial charge in [0.15, 0.2) is 0 Å². The molecule has 33 heavy (non-hydrogen) atoms. The topological polar surface area (TPSA) is 99.1 Å². The zero-order chi connectivity index (χ0) is 23.8. The Balaban J connectivity index is 1.51. The number of anilines is 1. The van der Waals surface area contributed by atoms with Gasteiger partial charge >= 0.3 is 0 Å². The van der Waals surface area contributed by atoms with Gasteiger partial charge in [0.25, 0.3) is 15.9 Å². The molecule has 0 unspecified atom stereocenters. The number of benzene rings is 3. The lowest BCUT2D eigenvalue weighted by atomic mass is 10.1. The molecule has 0 heterocycles. The third kappa shape index (κ3) is 6.60. The second-order valence-corrected chi connectivity index (χ2v) is 10.3. The summed E-state index contributed by atoms with van der Waals surface area (Å²) in [6.45, 7) is 4.08. The Kier molecular flexibility index (Phi) is 8.15. The van der Waals surface area contributed by atoms with Crippen LogP contribution in [0.2, 0.25) is 0 Å². The van der Waals surface area contributed by atoms with Crippen LogP contribution in [0.1, 0.15) is 32.6 Å². The van der Waals surface area contributed by atoms with E-state index in [0.717, 1.165) is 11.1 Å². The molecular weight excluding hydrogens is 454 g/mol. The molecule has 3 rings (SSSR count). The van der Waals surface area contributed by atoms with Crippen molar-refractivity contribution >= 4 is 33.4 Å². The predicted molar refractivity (Wildman–Crippen MR) is 133 cm³/mol. The zero-order valence-corrected chi connectivity index (χ0v) is 20.1. The fourth-order valence-electron chi connectivity index (χ4n) is 3.17. The Bertz CT molecular complexity index is 1280. The normalized spacial score (nSPS) is 10.9. The summed E-state index contributed by atoms with van der Waals surface area (Å²) < 4.78 is 28.0. The third-order valence-corrected chi connectivity index (χ3v) is 7.49. The lowest BCUT2D eigenvalue weighted by Crippen LogP contribution is -2.25. The highest BCUT2D eigenvalue weighted by atomic mass is 32.2. The number of thioether (sulfide) groups is 1. The summed E-state index contributed by atoms with van der Waals surface area (Å²) in [5.74, 6) is 1.19. The van der Waals surface area contributed by atoms with Crippen LogP contribution in [-0.2, 0) is 15.8 Å². The van der Waals surface area contributed by atoms with Crippen molar-refractivity contribution in [1.29, 1.82) is 5.26 Å². The molecule has 0 aliphatic carbocycles. The summed E-state index contributed by atoms with van der Waals surface area (Å²) in [5.41, 5.74) is 4.01. The van der Waals surface area contributed by atoms with E-state index < -0.39 is 10.0 Å². The number of nitrogens with zero attached hydrogens (tertiary/aromatic N) is 1. The van der Waals surface area contributed by atoms with Crippen LogP contribution in [0, 0.1) is 25.2 Å². The Morgan fingerprint density at radius 2 is 1.76 bits per heavy atom. The number of amides is 1. The van der Waals surface area contributed by atoms with Crippen LogP contribution in [0.25, 0.3) is 0 Å². The molecule has 0 aliphatic rings. The summed E-state index contributed by atoms with van der Waals surface area (Å²) in [6.07, 6.45) is 0. The van der Waals surface area contributed by atoms with Gasteiger partial charge in [-0.2, -0.15) is 17.0 Å². The van der Waals surface area contributed by atoms with Gasteiger partial charge in [0, 0.05) is 29.3 Å². The van der Waals surface area contributed by atoms with E-state index in [0.29, 0.717) is 40.4 Å². The zero-order valence-electron chi connectivity index (χ0n) is 18.5. The monoisotopic (exact) mass is 479 g/mol. The maximum Gasteiger partial charge on any atom is 0.262 e. The first-order valence-corrected chi connectivity index (χ1v) is 13.0. The fourth-order valence-corrected chi connectivity index (χ4v) is 5.42. The van der Waals surface area contributed by atoms with Gasteiger partial charge in [-0.05, 0) is 66.9 Å². The Labute approximate surface area is 199 Å². The first kappa shape index (κ1) is 24.4. The Hall–Kier alpha value is -3.28. The molecule has 0 spiro atoms. The van der Waals surface area contributed by atoms with Crippen LogP contribution >= 0.6 is 11.8 Å². The summed E-state index contributed by atoms with van der Waals surface area (Å²) >= 11 is 1.64. The maximum absolute atomic E-state index is 12.7. The molecule has 0 saturated carbocycles. The smallest absolute Gasteiger partial charge is 0.262 e. The summed E-state index contributed by atoms with van der Waals surface area (Å²) in [5, 5.41) is 12.0. The second-order valence-electron chi connectivity index (χ2n) is 7.53. The van der Waals surface area contributed by atoms with Crippen molar-refractivity contribution in [2.24, 2.45) is 0 Å². The highest BCUT2D eigenvalue weighted by Gasteiger charge is 2.17. The number of hydrogen-bond acceptors (Lipinski definition) is 5. The van der Waals surface area contributed by atoms with Crippen LogP contribution in [0.4, 0.5) is 5.69 Å². The molecule has 3 aromatic carbocycles. The van der Waals surface area contributed by atoms with Crippen LogP contribution in [0.5, 0.6) is 0 Å². The molecule has 0 radical (unpaired) electrons. The molecule has 0 fully saturated rings. The summed E-state index contributed by atoms with van der Waals surface area (Å²) in [4.78, 5) is 12.6. The van der Waals surface area contributed by atoms with E-state index in [2.05, 4.69) is 16.1 Å². The first-order chi connectivity index (χ1) is 15.8. The van der Waals surface area contributed by atoms with Gasteiger partial charge in [-0.3, -0.25) is 9.52 Å². The van der Waals surface area contributed by atoms with Crippen LogP contribution in [-0.4, -0.2) is 26.6 Å². The molecule has 0 saturated heterocycles. The third-order valence-electron chi connectivity index (χ3n) is 4.96. The number of sulfonamides is 1. The van der Waals surface area contributed by atoms with E-state index in [1.165, 1.54) is 0 Å². The maximum atomic E-state index is 12.7. The molecule has 8 heteroatoms. The first-order valence-electron chi connectivity index (χ1n) is 10.3. The Morgan fingerprint density at radius 1 is 1.03 bits per heavy atom. The quantitative estimate of drug-likeness (QED) is 0.436. The molecule has 6 nitrogen and oxygen atoms in total. The van der Waals surface area contributed by atoms with E-state index in [1.807, 2.05) is 31.2 Å². The number of nitrogens with one attached hydrogen (secondary N) is 2. The van der Waals surface area contributed by atoms with E-state index in [9.17, 15) is 13.2 Å². The fraction of sp³-hybridized carbons (Fsp3) is 0.200. The molecular formula is C25H25N3O3S2. The van der Waals surface area contributed by atoms with E-state index in [4.69, 9.17) is 5.26 Å². The number of nitriles is 1. The average molecular weight is 480 g/mol. The summed E-state index contributed by atoms with van der Waals surface area (Å²) in [7, 11) is -3.72. The van der Waals surface area contributed by atoms with Crippen molar-refractivity contribution in [3.63, 3.8) is 0 Å². The van der Waals surface area contributed by atoms with E-state index >= 15 is 0 Å². The van der Waals surface area contributed by atoms with Crippen molar-refractivity contribution in [2.75, 3.05) is 17.0 Å². The standard InChI is InChI=1S/C25H25N3O3S2/c1-18-7-8-19(2)24(15-18)33(30,31)28-23-11-9-20(10-12-23)25(29)27-13-14-32-17-22-6-4-3-5-21(22)16-26/h3-12,15,28H,13-14,17H2,1-2H3,(H,27,29). The van der Waals surface area contributed by atoms with Crippen molar-refractivity contribution < 1.29 is 13.2 Å². The van der Waals surface area contributed by atoms with Gasteiger partial charge in [0.2, 0.25) is 0 Å². The molecule has 3 aromatic rings. The van der Waals surface area contributed by atoms with Gasteiger partial charge < -0.3 is 5.32 Å². The minimum atomic E-state index is -3.72. The molecule has 2 N–H and O–H groups in total. The average Bonchev–Trinajstić information content (AvgIpc) is 2.80. The Morgan fingerprint density at radius 3 is 2.48 bits per heavy atom. The highest BCUT2D eigenvalue weighted by molar-refractivity contribution is 7.98. The van der Waals surface area contributed by atoms with Gasteiger partial charge in [-0.1, -0.05) is 30.3 Å². The minimum absolute atomic E-state index is 0.225. The molecule has 1 amide bonds.